The summed E-state index contributed by atoms with van der Waals surface area (Å²) in [5, 5.41) is 0. The Kier molecular flexibility index (Phi) is 5.68. The SMILES string of the molecule is CC(C)(C)S(=O)N[C@](C)(C#C[Si](C)(C)C)C(C)(C)C. The van der Waals surface area contributed by atoms with E-state index in [0.29, 0.717) is 0 Å². The highest BCUT2D eigenvalue weighted by molar-refractivity contribution is 7.84. The van der Waals surface area contributed by atoms with E-state index in [-0.39, 0.29) is 10.2 Å². The van der Waals surface area contributed by atoms with Crippen molar-refractivity contribution >= 4 is 19.1 Å². The largest absolute Gasteiger partial charge is 0.242 e. The molecule has 0 spiro atoms. The maximum absolute atomic E-state index is 12.4. The lowest BCUT2D eigenvalue weighted by atomic mass is 9.76. The molecule has 0 amide bonds. The van der Waals surface area contributed by atoms with E-state index in [4.69, 9.17) is 0 Å². The summed E-state index contributed by atoms with van der Waals surface area (Å²) in [6.07, 6.45) is 0. The molecule has 19 heavy (non-hydrogen) atoms. The van der Waals surface area contributed by atoms with Gasteiger partial charge >= 0.3 is 0 Å². The van der Waals surface area contributed by atoms with Gasteiger partial charge in [-0.25, -0.2) is 8.93 Å². The van der Waals surface area contributed by atoms with Gasteiger partial charge in [0, 0.05) is 0 Å². The standard InChI is InChI=1S/C15H31NOSSi/c1-13(2,3)15(7,11-12-19(8,9)10)16-18(17)14(4,5)6/h16H,1-10H3/t15-,18?/m1/s1. The van der Waals surface area contributed by atoms with Gasteiger partial charge in [-0.15, -0.1) is 5.54 Å². The lowest BCUT2D eigenvalue weighted by molar-refractivity contribution is 0.252. The summed E-state index contributed by atoms with van der Waals surface area (Å²) in [6, 6.07) is 0. The van der Waals surface area contributed by atoms with Gasteiger partial charge in [-0.05, 0) is 33.1 Å². The predicted molar refractivity (Wildman–Crippen MR) is 90.0 cm³/mol. The number of hydrogen-bond acceptors (Lipinski definition) is 1. The van der Waals surface area contributed by atoms with Crippen LogP contribution in [0, 0.1) is 16.9 Å². The molecule has 0 aliphatic heterocycles. The van der Waals surface area contributed by atoms with Crippen LogP contribution in [-0.2, 0) is 11.0 Å². The van der Waals surface area contributed by atoms with E-state index < -0.39 is 24.6 Å². The summed E-state index contributed by atoms with van der Waals surface area (Å²) >= 11 is 0. The molecule has 0 saturated heterocycles. The van der Waals surface area contributed by atoms with Crippen molar-refractivity contribution in [1.29, 1.82) is 0 Å². The Morgan fingerprint density at radius 3 is 1.63 bits per heavy atom. The molecular formula is C15H31NOSSi. The fourth-order valence-corrected chi connectivity index (χ4v) is 2.68. The molecule has 0 rings (SSSR count). The van der Waals surface area contributed by atoms with E-state index in [9.17, 15) is 4.21 Å². The second kappa shape index (κ2) is 5.71. The Bertz CT molecular complexity index is 401. The Labute approximate surface area is 123 Å². The molecule has 2 nitrogen and oxygen atoms in total. The Morgan fingerprint density at radius 2 is 1.37 bits per heavy atom. The van der Waals surface area contributed by atoms with E-state index in [1.807, 2.05) is 20.8 Å². The summed E-state index contributed by atoms with van der Waals surface area (Å²) in [5.41, 5.74) is 2.88. The van der Waals surface area contributed by atoms with Gasteiger partial charge in [0.2, 0.25) is 0 Å². The van der Waals surface area contributed by atoms with Gasteiger partial charge in [-0.3, -0.25) is 0 Å². The van der Waals surface area contributed by atoms with Gasteiger partial charge in [0.15, 0.2) is 0 Å². The molecule has 0 saturated carbocycles. The van der Waals surface area contributed by atoms with Gasteiger partial charge in [0.1, 0.15) is 8.07 Å². The molecule has 0 aliphatic rings. The first-order valence-corrected chi connectivity index (χ1v) is 11.5. The Balaban J connectivity index is 5.46. The van der Waals surface area contributed by atoms with Crippen molar-refractivity contribution in [2.24, 2.45) is 5.41 Å². The molecule has 0 aromatic carbocycles. The third kappa shape index (κ3) is 6.24. The zero-order chi connectivity index (χ0) is 15.7. The predicted octanol–water partition coefficient (Wildman–Crippen LogP) is 3.72. The topological polar surface area (TPSA) is 29.1 Å². The quantitative estimate of drug-likeness (QED) is 0.611. The average molecular weight is 302 g/mol. The van der Waals surface area contributed by atoms with E-state index in [2.05, 4.69) is 63.5 Å². The van der Waals surface area contributed by atoms with Gasteiger partial charge in [0.05, 0.1) is 21.3 Å². The van der Waals surface area contributed by atoms with Crippen molar-refractivity contribution in [1.82, 2.24) is 4.72 Å². The summed E-state index contributed by atoms with van der Waals surface area (Å²) in [4.78, 5) is 0. The number of nitrogens with one attached hydrogen (secondary N) is 1. The van der Waals surface area contributed by atoms with Gasteiger partial charge in [0.25, 0.3) is 0 Å². The van der Waals surface area contributed by atoms with Crippen molar-refractivity contribution in [3.05, 3.63) is 0 Å². The molecule has 0 heterocycles. The molecule has 2 atom stereocenters. The molecule has 0 aromatic heterocycles. The minimum atomic E-state index is -1.44. The number of rotatable bonds is 2. The molecule has 0 bridgehead atoms. The van der Waals surface area contributed by atoms with E-state index in [0.717, 1.165) is 0 Å². The monoisotopic (exact) mass is 301 g/mol. The highest BCUT2D eigenvalue weighted by Crippen LogP contribution is 2.31. The molecule has 0 radical (unpaired) electrons. The third-order valence-electron chi connectivity index (χ3n) is 3.04. The Hall–Kier alpha value is -0.113. The highest BCUT2D eigenvalue weighted by Gasteiger charge is 2.39. The second-order valence-electron chi connectivity index (χ2n) is 8.36. The highest BCUT2D eigenvalue weighted by atomic mass is 32.2. The van der Waals surface area contributed by atoms with E-state index >= 15 is 0 Å². The molecular weight excluding hydrogens is 270 g/mol. The normalized spacial score (nSPS) is 18.2. The van der Waals surface area contributed by atoms with Crippen LogP contribution in [-0.4, -0.2) is 22.6 Å². The van der Waals surface area contributed by atoms with Crippen molar-refractivity contribution in [3.8, 4) is 11.5 Å². The van der Waals surface area contributed by atoms with Crippen LogP contribution in [0.2, 0.25) is 19.6 Å². The van der Waals surface area contributed by atoms with Crippen LogP contribution in [0.3, 0.4) is 0 Å². The van der Waals surface area contributed by atoms with E-state index in [1.165, 1.54) is 0 Å². The summed E-state index contributed by atoms with van der Waals surface area (Å²) < 4.78 is 15.4. The Morgan fingerprint density at radius 1 is 0.947 bits per heavy atom. The zero-order valence-corrected chi connectivity index (χ0v) is 16.1. The molecule has 0 aliphatic carbocycles. The van der Waals surface area contributed by atoms with Gasteiger partial charge < -0.3 is 0 Å². The van der Waals surface area contributed by atoms with Crippen molar-refractivity contribution in [2.75, 3.05) is 0 Å². The molecule has 4 heteroatoms. The molecule has 0 fully saturated rings. The fraction of sp³-hybridized carbons (Fsp3) is 0.867. The minimum absolute atomic E-state index is 0.0828. The first-order valence-electron chi connectivity index (χ1n) is 6.82. The third-order valence-corrected chi connectivity index (χ3v) is 5.62. The van der Waals surface area contributed by atoms with Crippen molar-refractivity contribution < 1.29 is 4.21 Å². The van der Waals surface area contributed by atoms with Gasteiger partial charge in [-0.2, -0.15) is 0 Å². The van der Waals surface area contributed by atoms with Gasteiger partial charge in [-0.1, -0.05) is 46.3 Å². The van der Waals surface area contributed by atoms with Crippen LogP contribution in [0.4, 0.5) is 0 Å². The summed E-state index contributed by atoms with van der Waals surface area (Å²) in [7, 11) is -2.56. The van der Waals surface area contributed by atoms with Crippen molar-refractivity contribution in [3.63, 3.8) is 0 Å². The van der Waals surface area contributed by atoms with Crippen LogP contribution in [0.25, 0.3) is 0 Å². The van der Waals surface area contributed by atoms with Crippen LogP contribution in [0.1, 0.15) is 48.5 Å². The molecule has 1 N–H and O–H groups in total. The van der Waals surface area contributed by atoms with Crippen molar-refractivity contribution in [2.45, 2.75) is 78.4 Å². The minimum Gasteiger partial charge on any atom is -0.242 e. The maximum atomic E-state index is 12.4. The first kappa shape index (κ1) is 18.9. The van der Waals surface area contributed by atoms with Crippen LogP contribution in [0.15, 0.2) is 0 Å². The lowest BCUT2D eigenvalue weighted by Crippen LogP contribution is -2.55. The van der Waals surface area contributed by atoms with Crippen LogP contribution >= 0.6 is 0 Å². The number of hydrogen-bond donors (Lipinski definition) is 1. The zero-order valence-electron chi connectivity index (χ0n) is 14.3. The first-order chi connectivity index (χ1) is 8.08. The molecule has 0 aromatic rings. The lowest BCUT2D eigenvalue weighted by Gasteiger charge is -2.40. The average Bonchev–Trinajstić information content (AvgIpc) is 2.10. The van der Waals surface area contributed by atoms with E-state index in [1.54, 1.807) is 0 Å². The molecule has 1 unspecified atom stereocenters. The maximum Gasteiger partial charge on any atom is 0.129 e. The summed E-state index contributed by atoms with van der Waals surface area (Å²) in [5.74, 6) is 3.39. The second-order valence-corrected chi connectivity index (χ2v) is 15.1. The van der Waals surface area contributed by atoms with Crippen LogP contribution in [0.5, 0.6) is 0 Å². The van der Waals surface area contributed by atoms with Crippen LogP contribution < -0.4 is 4.72 Å². The molecule has 112 valence electrons. The smallest absolute Gasteiger partial charge is 0.129 e. The fourth-order valence-electron chi connectivity index (χ4n) is 1.02. The summed E-state index contributed by atoms with van der Waals surface area (Å²) in [6.45, 7) is 21.1.